The number of nitrogens with one attached hydrogen (secondary N) is 3. The maximum Gasteiger partial charge on any atom is 0.221 e. The number of hydrogen-bond acceptors (Lipinski definition) is 4. The topological polar surface area (TPSA) is 62.4 Å². The number of rotatable bonds is 4. The molecule has 1 aromatic rings. The summed E-state index contributed by atoms with van der Waals surface area (Å²) in [5, 5.41) is 9.32. The van der Waals surface area contributed by atoms with Gasteiger partial charge in [-0.05, 0) is 18.2 Å². The number of benzene rings is 1. The molecule has 0 aliphatic carbocycles. The number of carbonyl (C=O) groups is 1. The first kappa shape index (κ1) is 11.7. The standard InChI is InChI=1S/C12H17N3O2/c1-8(16)14-9-3-4-12(17-2)11(5-9)15-10-6-13-7-10/h3-5,10,13,15H,6-7H2,1-2H3,(H,14,16). The van der Waals surface area contributed by atoms with Gasteiger partial charge in [0.15, 0.2) is 0 Å². The number of carbonyl (C=O) groups excluding carboxylic acids is 1. The van der Waals surface area contributed by atoms with Gasteiger partial charge in [-0.25, -0.2) is 0 Å². The number of anilines is 2. The molecule has 3 N–H and O–H groups in total. The quantitative estimate of drug-likeness (QED) is 0.729. The summed E-state index contributed by atoms with van der Waals surface area (Å²) in [6.45, 7) is 3.40. The van der Waals surface area contributed by atoms with Crippen molar-refractivity contribution in [1.29, 1.82) is 0 Å². The highest BCUT2D eigenvalue weighted by molar-refractivity contribution is 5.89. The third-order valence-corrected chi connectivity index (χ3v) is 2.66. The van der Waals surface area contributed by atoms with E-state index in [-0.39, 0.29) is 5.91 Å². The normalized spacial score (nSPS) is 14.9. The Balaban J connectivity index is 2.15. The van der Waals surface area contributed by atoms with E-state index in [9.17, 15) is 4.79 Å². The highest BCUT2D eigenvalue weighted by Gasteiger charge is 2.17. The highest BCUT2D eigenvalue weighted by atomic mass is 16.5. The maximum atomic E-state index is 11.0. The van der Waals surface area contributed by atoms with Gasteiger partial charge in [-0.3, -0.25) is 4.79 Å². The average Bonchev–Trinajstić information content (AvgIpc) is 2.23. The van der Waals surface area contributed by atoms with E-state index in [1.807, 2.05) is 18.2 Å². The minimum Gasteiger partial charge on any atom is -0.495 e. The Hall–Kier alpha value is -1.75. The zero-order chi connectivity index (χ0) is 12.3. The molecule has 1 aliphatic heterocycles. The van der Waals surface area contributed by atoms with Gasteiger partial charge in [0.05, 0.1) is 18.8 Å². The molecule has 0 bridgehead atoms. The molecule has 5 nitrogen and oxygen atoms in total. The fourth-order valence-electron chi connectivity index (χ4n) is 1.71. The van der Waals surface area contributed by atoms with Crippen LogP contribution in [0.15, 0.2) is 18.2 Å². The van der Waals surface area contributed by atoms with Crippen LogP contribution in [-0.2, 0) is 4.79 Å². The van der Waals surface area contributed by atoms with Crippen LogP contribution in [0.4, 0.5) is 11.4 Å². The van der Waals surface area contributed by atoms with E-state index in [1.54, 1.807) is 7.11 Å². The zero-order valence-corrected chi connectivity index (χ0v) is 10.0. The molecule has 0 unspecified atom stereocenters. The van der Waals surface area contributed by atoms with Gasteiger partial charge in [-0.2, -0.15) is 0 Å². The number of amides is 1. The smallest absolute Gasteiger partial charge is 0.221 e. The second-order valence-electron chi connectivity index (χ2n) is 4.10. The van der Waals surface area contributed by atoms with E-state index in [1.165, 1.54) is 6.92 Å². The molecule has 1 amide bonds. The fraction of sp³-hybridized carbons (Fsp3) is 0.417. The Bertz CT molecular complexity index is 416. The minimum absolute atomic E-state index is 0.0774. The molecule has 0 radical (unpaired) electrons. The summed E-state index contributed by atoms with van der Waals surface area (Å²) in [4.78, 5) is 11.0. The highest BCUT2D eigenvalue weighted by Crippen LogP contribution is 2.28. The molecular weight excluding hydrogens is 218 g/mol. The van der Waals surface area contributed by atoms with Gasteiger partial charge in [0.2, 0.25) is 5.91 Å². The molecule has 1 fully saturated rings. The van der Waals surface area contributed by atoms with Crippen LogP contribution in [0.5, 0.6) is 5.75 Å². The molecule has 1 saturated heterocycles. The van der Waals surface area contributed by atoms with Crippen molar-refractivity contribution < 1.29 is 9.53 Å². The fourth-order valence-corrected chi connectivity index (χ4v) is 1.71. The lowest BCUT2D eigenvalue weighted by Gasteiger charge is -2.29. The van der Waals surface area contributed by atoms with Crippen molar-refractivity contribution in [2.45, 2.75) is 13.0 Å². The molecule has 0 spiro atoms. The number of ether oxygens (including phenoxy) is 1. The van der Waals surface area contributed by atoms with Crippen LogP contribution in [0, 0.1) is 0 Å². The Morgan fingerprint density at radius 3 is 2.76 bits per heavy atom. The Labute approximate surface area is 101 Å². The maximum absolute atomic E-state index is 11.0. The van der Waals surface area contributed by atoms with Crippen molar-refractivity contribution in [2.24, 2.45) is 0 Å². The molecule has 1 aromatic carbocycles. The summed E-state index contributed by atoms with van der Waals surface area (Å²) in [5.74, 6) is 0.706. The van der Waals surface area contributed by atoms with E-state index in [4.69, 9.17) is 4.74 Å². The summed E-state index contributed by atoms with van der Waals surface area (Å²) in [6.07, 6.45) is 0. The molecule has 0 aromatic heterocycles. The van der Waals surface area contributed by atoms with Crippen molar-refractivity contribution in [2.75, 3.05) is 30.8 Å². The molecule has 1 heterocycles. The van der Waals surface area contributed by atoms with Crippen LogP contribution in [-0.4, -0.2) is 32.1 Å². The lowest BCUT2D eigenvalue weighted by molar-refractivity contribution is -0.114. The third kappa shape index (κ3) is 2.88. The molecule has 17 heavy (non-hydrogen) atoms. The van der Waals surface area contributed by atoms with Gasteiger partial charge < -0.3 is 20.7 Å². The van der Waals surface area contributed by atoms with Crippen LogP contribution in [0.1, 0.15) is 6.92 Å². The first-order valence-corrected chi connectivity index (χ1v) is 5.62. The predicted molar refractivity (Wildman–Crippen MR) is 67.6 cm³/mol. The second-order valence-corrected chi connectivity index (χ2v) is 4.10. The largest absolute Gasteiger partial charge is 0.495 e. The summed E-state index contributed by atoms with van der Waals surface area (Å²) in [7, 11) is 1.64. The third-order valence-electron chi connectivity index (χ3n) is 2.66. The van der Waals surface area contributed by atoms with E-state index in [0.29, 0.717) is 6.04 Å². The van der Waals surface area contributed by atoms with Gasteiger partial charge in [0.25, 0.3) is 0 Å². The van der Waals surface area contributed by atoms with Crippen molar-refractivity contribution in [1.82, 2.24) is 5.32 Å². The van der Waals surface area contributed by atoms with E-state index < -0.39 is 0 Å². The zero-order valence-electron chi connectivity index (χ0n) is 10.0. The van der Waals surface area contributed by atoms with Crippen LogP contribution in [0.3, 0.4) is 0 Å². The number of methoxy groups -OCH3 is 1. The van der Waals surface area contributed by atoms with Crippen LogP contribution in [0.2, 0.25) is 0 Å². The summed E-state index contributed by atoms with van der Waals surface area (Å²) >= 11 is 0. The van der Waals surface area contributed by atoms with Gasteiger partial charge in [0, 0.05) is 25.7 Å². The van der Waals surface area contributed by atoms with Crippen molar-refractivity contribution in [3.63, 3.8) is 0 Å². The monoisotopic (exact) mass is 235 g/mol. The van der Waals surface area contributed by atoms with E-state index >= 15 is 0 Å². The molecule has 5 heteroatoms. The van der Waals surface area contributed by atoms with Crippen molar-refractivity contribution >= 4 is 17.3 Å². The lowest BCUT2D eigenvalue weighted by atomic mass is 10.1. The summed E-state index contributed by atoms with van der Waals surface area (Å²) in [5.41, 5.74) is 1.68. The van der Waals surface area contributed by atoms with E-state index in [2.05, 4.69) is 16.0 Å². The Morgan fingerprint density at radius 2 is 2.24 bits per heavy atom. The molecule has 0 saturated carbocycles. The second kappa shape index (κ2) is 5.05. The molecule has 2 rings (SSSR count). The van der Waals surface area contributed by atoms with Gasteiger partial charge in [-0.15, -0.1) is 0 Å². The first-order valence-electron chi connectivity index (χ1n) is 5.62. The van der Waals surface area contributed by atoms with E-state index in [0.717, 1.165) is 30.2 Å². The molecule has 0 atom stereocenters. The SMILES string of the molecule is COc1ccc(NC(C)=O)cc1NC1CNC1. The average molecular weight is 235 g/mol. The van der Waals surface area contributed by atoms with Gasteiger partial charge in [0.1, 0.15) is 5.75 Å². The predicted octanol–water partition coefficient (Wildman–Crippen LogP) is 1.04. The molecule has 1 aliphatic rings. The summed E-state index contributed by atoms with van der Waals surface area (Å²) < 4.78 is 5.28. The Kier molecular flexibility index (Phi) is 3.49. The van der Waals surface area contributed by atoms with Crippen LogP contribution in [0.25, 0.3) is 0 Å². The van der Waals surface area contributed by atoms with Gasteiger partial charge >= 0.3 is 0 Å². The Morgan fingerprint density at radius 1 is 1.47 bits per heavy atom. The molecule has 92 valence electrons. The lowest BCUT2D eigenvalue weighted by Crippen LogP contribution is -2.51. The number of hydrogen-bond donors (Lipinski definition) is 3. The van der Waals surface area contributed by atoms with Crippen molar-refractivity contribution in [3.8, 4) is 5.75 Å². The van der Waals surface area contributed by atoms with Crippen LogP contribution >= 0.6 is 0 Å². The summed E-state index contributed by atoms with van der Waals surface area (Å²) in [6, 6.07) is 5.99. The van der Waals surface area contributed by atoms with Crippen LogP contribution < -0.4 is 20.7 Å². The minimum atomic E-state index is -0.0774. The first-order chi connectivity index (χ1) is 8.19. The van der Waals surface area contributed by atoms with Gasteiger partial charge in [-0.1, -0.05) is 0 Å². The molecular formula is C12H17N3O2. The van der Waals surface area contributed by atoms with Crippen molar-refractivity contribution in [3.05, 3.63) is 18.2 Å².